The zero-order chi connectivity index (χ0) is 13.8. The van der Waals surface area contributed by atoms with E-state index in [1.54, 1.807) is 12.1 Å². The quantitative estimate of drug-likeness (QED) is 0.838. The minimum Gasteiger partial charge on any atom is -0.366 e. The maximum Gasteiger partial charge on any atom is 0.248 e. The molecule has 0 aromatic heterocycles. The predicted molar refractivity (Wildman–Crippen MR) is 72.3 cm³/mol. The SMILES string of the molecule is CN1CCCC1CNCc1ccc(C(N)=O)cc1F. The maximum atomic E-state index is 13.7. The number of primary amides is 1. The topological polar surface area (TPSA) is 58.4 Å². The van der Waals surface area contributed by atoms with Crippen LogP contribution in [0.4, 0.5) is 4.39 Å². The molecule has 1 aliphatic heterocycles. The van der Waals surface area contributed by atoms with Gasteiger partial charge >= 0.3 is 0 Å². The molecule has 1 aliphatic rings. The van der Waals surface area contributed by atoms with Gasteiger partial charge in [0.25, 0.3) is 0 Å². The number of amides is 1. The fourth-order valence-corrected chi connectivity index (χ4v) is 2.45. The minimum absolute atomic E-state index is 0.205. The lowest BCUT2D eigenvalue weighted by Gasteiger charge is -2.19. The van der Waals surface area contributed by atoms with Gasteiger partial charge in [-0.1, -0.05) is 6.07 Å². The molecule has 5 heteroatoms. The maximum absolute atomic E-state index is 13.7. The Morgan fingerprint density at radius 2 is 2.37 bits per heavy atom. The van der Waals surface area contributed by atoms with Crippen LogP contribution in [0, 0.1) is 5.82 Å². The Morgan fingerprint density at radius 1 is 1.58 bits per heavy atom. The number of hydrogen-bond acceptors (Lipinski definition) is 3. The van der Waals surface area contributed by atoms with Crippen LogP contribution in [-0.4, -0.2) is 37.0 Å². The second-order valence-corrected chi connectivity index (χ2v) is 5.08. The first-order valence-corrected chi connectivity index (χ1v) is 6.57. The third-order valence-electron chi connectivity index (χ3n) is 3.70. The summed E-state index contributed by atoms with van der Waals surface area (Å²) in [7, 11) is 2.11. The Hall–Kier alpha value is -1.46. The number of likely N-dealkylation sites (tertiary alicyclic amines) is 1. The molecule has 2 rings (SSSR count). The molecule has 19 heavy (non-hydrogen) atoms. The standard InChI is InChI=1S/C14H20FN3O/c1-18-6-2-3-12(18)9-17-8-11-5-4-10(14(16)19)7-13(11)15/h4-5,7,12,17H,2-3,6,8-9H2,1H3,(H2,16,19). The van der Waals surface area contributed by atoms with Crippen molar-refractivity contribution >= 4 is 5.91 Å². The number of nitrogens with one attached hydrogen (secondary N) is 1. The molecule has 3 N–H and O–H groups in total. The van der Waals surface area contributed by atoms with Crippen LogP contribution in [0.25, 0.3) is 0 Å². The number of hydrogen-bond donors (Lipinski definition) is 2. The Kier molecular flexibility index (Phi) is 4.50. The molecule has 1 amide bonds. The first-order chi connectivity index (χ1) is 9.08. The summed E-state index contributed by atoms with van der Waals surface area (Å²) >= 11 is 0. The smallest absolute Gasteiger partial charge is 0.248 e. The molecule has 1 unspecified atom stereocenters. The average molecular weight is 265 g/mol. The van der Waals surface area contributed by atoms with Gasteiger partial charge in [-0.2, -0.15) is 0 Å². The van der Waals surface area contributed by atoms with Crippen LogP contribution in [0.15, 0.2) is 18.2 Å². The Morgan fingerprint density at radius 3 is 2.95 bits per heavy atom. The molecular weight excluding hydrogens is 245 g/mol. The molecule has 1 heterocycles. The molecule has 1 aromatic rings. The molecule has 1 atom stereocenters. The van der Waals surface area contributed by atoms with Crippen LogP contribution in [-0.2, 0) is 6.54 Å². The molecule has 0 spiro atoms. The largest absolute Gasteiger partial charge is 0.366 e. The number of nitrogens with two attached hydrogens (primary N) is 1. The number of rotatable bonds is 5. The normalized spacial score (nSPS) is 19.8. The van der Waals surface area contributed by atoms with Gasteiger partial charge in [-0.3, -0.25) is 4.79 Å². The van der Waals surface area contributed by atoms with E-state index < -0.39 is 5.91 Å². The van der Waals surface area contributed by atoms with E-state index in [9.17, 15) is 9.18 Å². The van der Waals surface area contributed by atoms with E-state index in [4.69, 9.17) is 5.73 Å². The molecule has 1 aromatic carbocycles. The number of benzene rings is 1. The summed E-state index contributed by atoms with van der Waals surface area (Å²) in [6.45, 7) is 2.46. The molecule has 1 saturated heterocycles. The lowest BCUT2D eigenvalue weighted by Crippen LogP contribution is -2.35. The number of halogens is 1. The summed E-state index contributed by atoms with van der Waals surface area (Å²) < 4.78 is 13.7. The van der Waals surface area contributed by atoms with Crippen LogP contribution < -0.4 is 11.1 Å². The molecule has 0 aliphatic carbocycles. The monoisotopic (exact) mass is 265 g/mol. The molecule has 0 saturated carbocycles. The number of carbonyl (C=O) groups excluding carboxylic acids is 1. The zero-order valence-electron chi connectivity index (χ0n) is 11.2. The highest BCUT2D eigenvalue weighted by atomic mass is 19.1. The summed E-state index contributed by atoms with van der Waals surface area (Å²) in [6, 6.07) is 4.90. The second kappa shape index (κ2) is 6.12. The van der Waals surface area contributed by atoms with Crippen LogP contribution in [0.2, 0.25) is 0 Å². The molecular formula is C14H20FN3O. The fraction of sp³-hybridized carbons (Fsp3) is 0.500. The van der Waals surface area contributed by atoms with E-state index >= 15 is 0 Å². The highest BCUT2D eigenvalue weighted by molar-refractivity contribution is 5.92. The van der Waals surface area contributed by atoms with Crippen molar-refractivity contribution in [3.05, 3.63) is 35.1 Å². The van der Waals surface area contributed by atoms with Gasteiger partial charge in [0.15, 0.2) is 0 Å². The van der Waals surface area contributed by atoms with E-state index in [0.717, 1.165) is 13.1 Å². The first kappa shape index (κ1) is 14.0. The van der Waals surface area contributed by atoms with E-state index in [1.165, 1.54) is 18.9 Å². The van der Waals surface area contributed by atoms with Gasteiger partial charge in [-0.05, 0) is 38.6 Å². The Balaban J connectivity index is 1.87. The van der Waals surface area contributed by atoms with Gasteiger partial charge in [0.05, 0.1) is 0 Å². The van der Waals surface area contributed by atoms with Crippen LogP contribution in [0.3, 0.4) is 0 Å². The van der Waals surface area contributed by atoms with E-state index in [1.807, 2.05) is 0 Å². The Bertz CT molecular complexity index is 464. The highest BCUT2D eigenvalue weighted by Gasteiger charge is 2.20. The van der Waals surface area contributed by atoms with Crippen molar-refractivity contribution in [2.45, 2.75) is 25.4 Å². The van der Waals surface area contributed by atoms with Crippen LogP contribution >= 0.6 is 0 Å². The van der Waals surface area contributed by atoms with Crippen molar-refractivity contribution in [1.82, 2.24) is 10.2 Å². The Labute approximate surface area is 112 Å². The molecule has 104 valence electrons. The molecule has 0 radical (unpaired) electrons. The van der Waals surface area contributed by atoms with Gasteiger partial charge in [0.2, 0.25) is 5.91 Å². The van der Waals surface area contributed by atoms with Crippen molar-refractivity contribution < 1.29 is 9.18 Å². The van der Waals surface area contributed by atoms with Gasteiger partial charge in [-0.25, -0.2) is 4.39 Å². The van der Waals surface area contributed by atoms with Crippen LogP contribution in [0.5, 0.6) is 0 Å². The number of carbonyl (C=O) groups is 1. The summed E-state index contributed by atoms with van der Waals surface area (Å²) in [4.78, 5) is 13.2. The molecule has 1 fully saturated rings. The van der Waals surface area contributed by atoms with Crippen LogP contribution in [0.1, 0.15) is 28.8 Å². The molecule has 0 bridgehead atoms. The van der Waals surface area contributed by atoms with Gasteiger partial charge < -0.3 is 16.0 Å². The van der Waals surface area contributed by atoms with E-state index in [0.29, 0.717) is 18.2 Å². The summed E-state index contributed by atoms with van der Waals surface area (Å²) in [6.07, 6.45) is 2.41. The van der Waals surface area contributed by atoms with Gasteiger partial charge in [-0.15, -0.1) is 0 Å². The first-order valence-electron chi connectivity index (χ1n) is 6.57. The summed E-state index contributed by atoms with van der Waals surface area (Å²) in [5, 5.41) is 3.27. The second-order valence-electron chi connectivity index (χ2n) is 5.08. The third kappa shape index (κ3) is 3.52. The number of nitrogens with zero attached hydrogens (tertiary/aromatic N) is 1. The fourth-order valence-electron chi connectivity index (χ4n) is 2.45. The average Bonchev–Trinajstić information content (AvgIpc) is 2.77. The van der Waals surface area contributed by atoms with E-state index in [2.05, 4.69) is 17.3 Å². The van der Waals surface area contributed by atoms with Crippen molar-refractivity contribution in [2.24, 2.45) is 5.73 Å². The summed E-state index contributed by atoms with van der Waals surface area (Å²) in [5.41, 5.74) is 5.87. The van der Waals surface area contributed by atoms with Crippen molar-refractivity contribution in [1.29, 1.82) is 0 Å². The lowest BCUT2D eigenvalue weighted by atomic mass is 10.1. The van der Waals surface area contributed by atoms with E-state index in [-0.39, 0.29) is 11.4 Å². The predicted octanol–water partition coefficient (Wildman–Crippen LogP) is 1.11. The third-order valence-corrected chi connectivity index (χ3v) is 3.70. The zero-order valence-corrected chi connectivity index (χ0v) is 11.2. The lowest BCUT2D eigenvalue weighted by molar-refractivity contribution is 0.1000. The minimum atomic E-state index is -0.606. The number of likely N-dealkylation sites (N-methyl/N-ethyl adjacent to an activating group) is 1. The van der Waals surface area contributed by atoms with Gasteiger partial charge in [0.1, 0.15) is 5.82 Å². The van der Waals surface area contributed by atoms with Crippen molar-refractivity contribution in [3.8, 4) is 0 Å². The van der Waals surface area contributed by atoms with Crippen molar-refractivity contribution in [3.63, 3.8) is 0 Å². The summed E-state index contributed by atoms with van der Waals surface area (Å²) in [5.74, 6) is -0.991. The highest BCUT2D eigenvalue weighted by Crippen LogP contribution is 2.14. The van der Waals surface area contributed by atoms with Crippen molar-refractivity contribution in [2.75, 3.05) is 20.1 Å². The molecule has 4 nitrogen and oxygen atoms in total. The van der Waals surface area contributed by atoms with Gasteiger partial charge in [0, 0.05) is 30.3 Å².